The maximum atomic E-state index is 5.47. The predicted octanol–water partition coefficient (Wildman–Crippen LogP) is 2.55. The van der Waals surface area contributed by atoms with E-state index in [1.807, 2.05) is 26.0 Å². The lowest BCUT2D eigenvalue weighted by molar-refractivity contribution is 0.0224. The fraction of sp³-hybridized carbons (Fsp3) is 0.700. The minimum atomic E-state index is 0.120. The van der Waals surface area contributed by atoms with Gasteiger partial charge in [0.1, 0.15) is 6.23 Å². The summed E-state index contributed by atoms with van der Waals surface area (Å²) in [4.78, 5) is 4.43. The largest absolute Gasteiger partial charge is 0.357 e. The average Bonchev–Trinajstić information content (AvgIpc) is 2.06. The molecular formula is C10H17NO. The number of nitrogens with zero attached hydrogens (tertiary/aromatic N) is 1. The summed E-state index contributed by atoms with van der Waals surface area (Å²) in [5.41, 5.74) is 1.06. The van der Waals surface area contributed by atoms with Crippen molar-refractivity contribution in [2.45, 2.75) is 39.3 Å². The van der Waals surface area contributed by atoms with Gasteiger partial charge in [0.2, 0.25) is 0 Å². The number of hydrogen-bond acceptors (Lipinski definition) is 2. The standard InChI is InChI=1S/C10H17NO/c1-3-6-9(2)11-10-7-4-5-8-12-10/h3,6,10H,4-5,7-8H2,1-2H3/b6-3-,11-9?. The van der Waals surface area contributed by atoms with Crippen molar-refractivity contribution in [2.75, 3.05) is 6.61 Å². The topological polar surface area (TPSA) is 21.6 Å². The Morgan fingerprint density at radius 2 is 2.33 bits per heavy atom. The van der Waals surface area contributed by atoms with Crippen molar-refractivity contribution in [2.24, 2.45) is 4.99 Å². The molecule has 0 amide bonds. The number of ether oxygens (including phenoxy) is 1. The molecule has 0 N–H and O–H groups in total. The van der Waals surface area contributed by atoms with Crippen molar-refractivity contribution in [3.63, 3.8) is 0 Å². The summed E-state index contributed by atoms with van der Waals surface area (Å²) in [5, 5.41) is 0. The summed E-state index contributed by atoms with van der Waals surface area (Å²) in [6.45, 7) is 4.88. The van der Waals surface area contributed by atoms with Crippen LogP contribution in [0, 0.1) is 0 Å². The first-order chi connectivity index (χ1) is 5.83. The van der Waals surface area contributed by atoms with Crippen LogP contribution in [0.1, 0.15) is 33.1 Å². The first kappa shape index (κ1) is 9.46. The molecule has 0 bridgehead atoms. The molecule has 1 rings (SSSR count). The van der Waals surface area contributed by atoms with Crippen molar-refractivity contribution in [1.29, 1.82) is 0 Å². The van der Waals surface area contributed by atoms with E-state index in [2.05, 4.69) is 4.99 Å². The van der Waals surface area contributed by atoms with Gasteiger partial charge in [-0.3, -0.25) is 4.99 Å². The molecule has 0 aromatic rings. The first-order valence-electron chi connectivity index (χ1n) is 4.61. The molecule has 1 unspecified atom stereocenters. The van der Waals surface area contributed by atoms with Gasteiger partial charge in [0, 0.05) is 12.3 Å². The monoisotopic (exact) mass is 167 g/mol. The highest BCUT2D eigenvalue weighted by Crippen LogP contribution is 2.13. The fourth-order valence-corrected chi connectivity index (χ4v) is 1.34. The Morgan fingerprint density at radius 1 is 1.50 bits per heavy atom. The molecule has 1 fully saturated rings. The van der Waals surface area contributed by atoms with E-state index in [1.165, 1.54) is 12.8 Å². The van der Waals surface area contributed by atoms with Crippen LogP contribution in [0.15, 0.2) is 17.1 Å². The Bertz CT molecular complexity index is 178. The van der Waals surface area contributed by atoms with E-state index in [9.17, 15) is 0 Å². The third-order valence-corrected chi connectivity index (χ3v) is 1.91. The lowest BCUT2D eigenvalue weighted by Gasteiger charge is -2.18. The summed E-state index contributed by atoms with van der Waals surface area (Å²) in [5.74, 6) is 0. The van der Waals surface area contributed by atoms with E-state index >= 15 is 0 Å². The second kappa shape index (κ2) is 5.09. The van der Waals surface area contributed by atoms with Crippen LogP contribution < -0.4 is 0 Å². The Kier molecular flexibility index (Phi) is 4.01. The molecule has 1 atom stereocenters. The third-order valence-electron chi connectivity index (χ3n) is 1.91. The second-order valence-electron chi connectivity index (χ2n) is 3.09. The van der Waals surface area contributed by atoms with Crippen LogP contribution in [0.5, 0.6) is 0 Å². The molecule has 0 saturated carbocycles. The molecule has 0 spiro atoms. The maximum absolute atomic E-state index is 5.47. The van der Waals surface area contributed by atoms with E-state index in [0.717, 1.165) is 18.7 Å². The van der Waals surface area contributed by atoms with E-state index in [-0.39, 0.29) is 6.23 Å². The molecule has 1 aliphatic rings. The van der Waals surface area contributed by atoms with Gasteiger partial charge in [-0.15, -0.1) is 0 Å². The molecular weight excluding hydrogens is 150 g/mol. The van der Waals surface area contributed by atoms with E-state index in [0.29, 0.717) is 0 Å². The Morgan fingerprint density at radius 3 is 2.92 bits per heavy atom. The zero-order valence-corrected chi connectivity index (χ0v) is 7.92. The van der Waals surface area contributed by atoms with E-state index < -0.39 is 0 Å². The Balaban J connectivity index is 2.41. The minimum absolute atomic E-state index is 0.120. The number of allylic oxidation sites excluding steroid dienone is 2. The van der Waals surface area contributed by atoms with Crippen molar-refractivity contribution in [3.8, 4) is 0 Å². The van der Waals surface area contributed by atoms with Gasteiger partial charge in [-0.1, -0.05) is 6.08 Å². The highest BCUT2D eigenvalue weighted by atomic mass is 16.5. The van der Waals surface area contributed by atoms with Crippen LogP contribution >= 0.6 is 0 Å². The molecule has 0 aromatic carbocycles. The van der Waals surface area contributed by atoms with Crippen molar-refractivity contribution >= 4 is 5.71 Å². The molecule has 0 aliphatic carbocycles. The van der Waals surface area contributed by atoms with Crippen LogP contribution in [0.25, 0.3) is 0 Å². The van der Waals surface area contributed by atoms with Crippen molar-refractivity contribution in [3.05, 3.63) is 12.2 Å². The SMILES string of the molecule is C/C=C\C(C)=NC1CCCCO1. The van der Waals surface area contributed by atoms with Gasteiger partial charge >= 0.3 is 0 Å². The van der Waals surface area contributed by atoms with Crippen LogP contribution in [-0.2, 0) is 4.74 Å². The number of hydrogen-bond donors (Lipinski definition) is 0. The van der Waals surface area contributed by atoms with E-state index in [1.54, 1.807) is 0 Å². The van der Waals surface area contributed by atoms with Crippen LogP contribution in [0.3, 0.4) is 0 Å². The van der Waals surface area contributed by atoms with Gasteiger partial charge in [0.05, 0.1) is 0 Å². The summed E-state index contributed by atoms with van der Waals surface area (Å²) >= 11 is 0. The summed E-state index contributed by atoms with van der Waals surface area (Å²) in [6.07, 6.45) is 7.65. The van der Waals surface area contributed by atoms with E-state index in [4.69, 9.17) is 4.74 Å². The normalized spacial score (nSPS) is 26.5. The Labute approximate surface area is 74.3 Å². The molecule has 2 heteroatoms. The molecule has 12 heavy (non-hydrogen) atoms. The Hall–Kier alpha value is -0.630. The fourth-order valence-electron chi connectivity index (χ4n) is 1.34. The van der Waals surface area contributed by atoms with Crippen molar-refractivity contribution < 1.29 is 4.74 Å². The molecule has 1 saturated heterocycles. The second-order valence-corrected chi connectivity index (χ2v) is 3.09. The van der Waals surface area contributed by atoms with Gasteiger partial charge in [-0.25, -0.2) is 0 Å². The zero-order chi connectivity index (χ0) is 8.81. The highest BCUT2D eigenvalue weighted by molar-refractivity contribution is 5.92. The molecule has 0 radical (unpaired) electrons. The molecule has 0 aromatic heterocycles. The minimum Gasteiger partial charge on any atom is -0.357 e. The summed E-state index contributed by atoms with van der Waals surface area (Å²) < 4.78 is 5.47. The predicted molar refractivity (Wildman–Crippen MR) is 51.5 cm³/mol. The van der Waals surface area contributed by atoms with Gasteiger partial charge in [-0.2, -0.15) is 0 Å². The molecule has 68 valence electrons. The first-order valence-corrected chi connectivity index (χ1v) is 4.61. The van der Waals surface area contributed by atoms with Crippen LogP contribution in [-0.4, -0.2) is 18.5 Å². The number of aliphatic imine (C=N–C) groups is 1. The van der Waals surface area contributed by atoms with Crippen molar-refractivity contribution in [1.82, 2.24) is 0 Å². The van der Waals surface area contributed by atoms with Gasteiger partial charge in [0.25, 0.3) is 0 Å². The molecule has 1 heterocycles. The summed E-state index contributed by atoms with van der Waals surface area (Å²) in [6, 6.07) is 0. The highest BCUT2D eigenvalue weighted by Gasteiger charge is 2.11. The van der Waals surface area contributed by atoms with Gasteiger partial charge in [0.15, 0.2) is 0 Å². The summed E-state index contributed by atoms with van der Waals surface area (Å²) in [7, 11) is 0. The lowest BCUT2D eigenvalue weighted by atomic mass is 10.2. The molecule has 1 aliphatic heterocycles. The smallest absolute Gasteiger partial charge is 0.148 e. The average molecular weight is 167 g/mol. The third kappa shape index (κ3) is 3.18. The van der Waals surface area contributed by atoms with Gasteiger partial charge < -0.3 is 4.74 Å². The van der Waals surface area contributed by atoms with Crippen LogP contribution in [0.2, 0.25) is 0 Å². The lowest BCUT2D eigenvalue weighted by Crippen LogP contribution is -2.17. The van der Waals surface area contributed by atoms with Crippen LogP contribution in [0.4, 0.5) is 0 Å². The van der Waals surface area contributed by atoms with Gasteiger partial charge in [-0.05, 0) is 39.2 Å². The zero-order valence-electron chi connectivity index (χ0n) is 7.92. The molecule has 2 nitrogen and oxygen atoms in total. The quantitative estimate of drug-likeness (QED) is 0.579. The number of rotatable bonds is 2. The maximum Gasteiger partial charge on any atom is 0.148 e.